The molecular formula is C22H21ClN4O2. The van der Waals surface area contributed by atoms with Crippen molar-refractivity contribution >= 4 is 29.1 Å². The molecule has 1 aliphatic heterocycles. The van der Waals surface area contributed by atoms with Crippen molar-refractivity contribution < 1.29 is 9.53 Å². The number of nitrogens with one attached hydrogen (secondary N) is 1. The number of anilines is 2. The van der Waals surface area contributed by atoms with E-state index in [-0.39, 0.29) is 11.8 Å². The molecule has 1 aliphatic rings. The van der Waals surface area contributed by atoms with Crippen LogP contribution < -0.4 is 15.0 Å². The Balaban J connectivity index is 1.40. The maximum atomic E-state index is 12.8. The lowest BCUT2D eigenvalue weighted by Gasteiger charge is -2.31. The van der Waals surface area contributed by atoms with Crippen molar-refractivity contribution in [3.05, 3.63) is 72.0 Å². The molecular weight excluding hydrogens is 388 g/mol. The summed E-state index contributed by atoms with van der Waals surface area (Å²) in [6.45, 7) is 1.50. The van der Waals surface area contributed by atoms with Gasteiger partial charge in [-0.25, -0.2) is 9.97 Å². The summed E-state index contributed by atoms with van der Waals surface area (Å²) in [5.74, 6) is 1.75. The zero-order valence-corrected chi connectivity index (χ0v) is 16.5. The van der Waals surface area contributed by atoms with Crippen LogP contribution in [0.3, 0.4) is 0 Å². The van der Waals surface area contributed by atoms with Crippen molar-refractivity contribution in [2.75, 3.05) is 23.3 Å². The van der Waals surface area contributed by atoms with Crippen LogP contribution in [-0.4, -0.2) is 29.0 Å². The number of piperidine rings is 1. The molecule has 7 heteroatoms. The summed E-state index contributed by atoms with van der Waals surface area (Å²) in [4.78, 5) is 23.5. The molecule has 1 fully saturated rings. The molecule has 0 saturated carbocycles. The van der Waals surface area contributed by atoms with Crippen LogP contribution in [0.4, 0.5) is 11.6 Å². The molecule has 0 spiro atoms. The van der Waals surface area contributed by atoms with Crippen LogP contribution in [-0.2, 0) is 4.79 Å². The maximum absolute atomic E-state index is 12.8. The highest BCUT2D eigenvalue weighted by Crippen LogP contribution is 2.34. The van der Waals surface area contributed by atoms with Gasteiger partial charge in [0, 0.05) is 31.4 Å². The number of halogens is 1. The predicted octanol–water partition coefficient (Wildman–Crippen LogP) is 4.78. The summed E-state index contributed by atoms with van der Waals surface area (Å²) in [6, 6.07) is 16.4. The third-order valence-corrected chi connectivity index (χ3v) is 5.21. The Labute approximate surface area is 174 Å². The second-order valence-corrected chi connectivity index (χ2v) is 7.24. The smallest absolute Gasteiger partial charge is 0.227 e. The highest BCUT2D eigenvalue weighted by atomic mass is 35.5. The van der Waals surface area contributed by atoms with Crippen molar-refractivity contribution in [1.82, 2.24) is 9.97 Å². The first-order chi connectivity index (χ1) is 14.2. The van der Waals surface area contributed by atoms with Gasteiger partial charge in [0.1, 0.15) is 5.75 Å². The quantitative estimate of drug-likeness (QED) is 0.658. The molecule has 1 N–H and O–H groups in total. The predicted molar refractivity (Wildman–Crippen MR) is 114 cm³/mol. The lowest BCUT2D eigenvalue weighted by atomic mass is 9.96. The van der Waals surface area contributed by atoms with Gasteiger partial charge in [-0.1, -0.05) is 35.9 Å². The van der Waals surface area contributed by atoms with Crippen LogP contribution in [0.25, 0.3) is 0 Å². The van der Waals surface area contributed by atoms with Gasteiger partial charge in [0.2, 0.25) is 11.9 Å². The van der Waals surface area contributed by atoms with E-state index < -0.39 is 0 Å². The molecule has 0 radical (unpaired) electrons. The summed E-state index contributed by atoms with van der Waals surface area (Å²) in [7, 11) is 0. The van der Waals surface area contributed by atoms with E-state index >= 15 is 0 Å². The van der Waals surface area contributed by atoms with Gasteiger partial charge >= 0.3 is 0 Å². The molecule has 0 bridgehead atoms. The number of aromatic nitrogens is 2. The first kappa shape index (κ1) is 19.2. The number of benzene rings is 2. The van der Waals surface area contributed by atoms with E-state index in [0.717, 1.165) is 25.9 Å². The minimum atomic E-state index is -0.0664. The highest BCUT2D eigenvalue weighted by Gasteiger charge is 2.26. The van der Waals surface area contributed by atoms with Gasteiger partial charge in [0.05, 0.1) is 10.7 Å². The third-order valence-electron chi connectivity index (χ3n) is 4.90. The molecule has 2 aromatic carbocycles. The fourth-order valence-corrected chi connectivity index (χ4v) is 3.51. The van der Waals surface area contributed by atoms with Crippen molar-refractivity contribution in [3.63, 3.8) is 0 Å². The van der Waals surface area contributed by atoms with Crippen molar-refractivity contribution in [1.29, 1.82) is 0 Å². The Bertz CT molecular complexity index is 975. The number of hydrogen-bond acceptors (Lipinski definition) is 5. The van der Waals surface area contributed by atoms with Crippen molar-refractivity contribution in [2.45, 2.75) is 12.8 Å². The first-order valence-electron chi connectivity index (χ1n) is 9.55. The van der Waals surface area contributed by atoms with Crippen LogP contribution in [0, 0.1) is 5.92 Å². The summed E-state index contributed by atoms with van der Waals surface area (Å²) in [5, 5.41) is 3.54. The molecule has 1 amide bonds. The van der Waals surface area contributed by atoms with Gasteiger partial charge in [-0.15, -0.1) is 0 Å². The second kappa shape index (κ2) is 8.92. The Kier molecular flexibility index (Phi) is 5.91. The maximum Gasteiger partial charge on any atom is 0.227 e. The summed E-state index contributed by atoms with van der Waals surface area (Å²) in [6.07, 6.45) is 4.96. The molecule has 6 nitrogen and oxygen atoms in total. The largest absolute Gasteiger partial charge is 0.454 e. The minimum Gasteiger partial charge on any atom is -0.454 e. The molecule has 29 heavy (non-hydrogen) atoms. The first-order valence-corrected chi connectivity index (χ1v) is 9.93. The number of carbonyl (C=O) groups excluding carboxylic acids is 1. The van der Waals surface area contributed by atoms with Crippen LogP contribution in [0.5, 0.6) is 11.5 Å². The van der Waals surface area contributed by atoms with E-state index in [1.54, 1.807) is 30.6 Å². The molecule has 1 aromatic heterocycles. The summed E-state index contributed by atoms with van der Waals surface area (Å²) in [5.41, 5.74) is 0.631. The zero-order valence-electron chi connectivity index (χ0n) is 15.8. The SMILES string of the molecule is O=C(Nc1ccccc1Oc1ccccc1Cl)C1CCN(c2ncccn2)CC1. The fourth-order valence-electron chi connectivity index (χ4n) is 3.34. The number of hydrogen-bond donors (Lipinski definition) is 1. The third kappa shape index (κ3) is 4.66. The minimum absolute atomic E-state index is 0.00570. The Morgan fingerprint density at radius 2 is 1.62 bits per heavy atom. The van der Waals surface area contributed by atoms with E-state index in [0.29, 0.717) is 28.2 Å². The van der Waals surface area contributed by atoms with E-state index in [2.05, 4.69) is 20.2 Å². The topological polar surface area (TPSA) is 67.3 Å². The standard InChI is InChI=1S/C22H21ClN4O2/c23-17-6-1-3-8-19(17)29-20-9-4-2-7-18(20)26-21(28)16-10-14-27(15-11-16)22-24-12-5-13-25-22/h1-9,12-13,16H,10-11,14-15H2,(H,26,28). The van der Waals surface area contributed by atoms with Gasteiger partial charge in [-0.05, 0) is 43.2 Å². The van der Waals surface area contributed by atoms with Crippen LogP contribution in [0.15, 0.2) is 67.0 Å². The highest BCUT2D eigenvalue weighted by molar-refractivity contribution is 6.32. The number of amides is 1. The molecule has 3 aromatic rings. The van der Waals surface area contributed by atoms with Crippen LogP contribution in [0.2, 0.25) is 5.02 Å². The molecule has 2 heterocycles. The molecule has 4 rings (SSSR count). The summed E-state index contributed by atoms with van der Waals surface area (Å²) < 4.78 is 5.93. The van der Waals surface area contributed by atoms with Crippen molar-refractivity contribution in [3.8, 4) is 11.5 Å². The number of nitrogens with zero attached hydrogens (tertiary/aromatic N) is 3. The average molecular weight is 409 g/mol. The van der Waals surface area contributed by atoms with Gasteiger partial charge in [-0.2, -0.15) is 0 Å². The average Bonchev–Trinajstić information content (AvgIpc) is 2.77. The van der Waals surface area contributed by atoms with E-state index in [9.17, 15) is 4.79 Å². The monoisotopic (exact) mass is 408 g/mol. The van der Waals surface area contributed by atoms with Gasteiger partial charge in [0.25, 0.3) is 0 Å². The number of rotatable bonds is 5. The van der Waals surface area contributed by atoms with Gasteiger partial charge < -0.3 is 15.0 Å². The lowest BCUT2D eigenvalue weighted by molar-refractivity contribution is -0.120. The molecule has 1 saturated heterocycles. The Morgan fingerprint density at radius 3 is 2.34 bits per heavy atom. The second-order valence-electron chi connectivity index (χ2n) is 6.83. The Morgan fingerprint density at radius 1 is 0.966 bits per heavy atom. The molecule has 0 aliphatic carbocycles. The van der Waals surface area contributed by atoms with Crippen LogP contribution >= 0.6 is 11.6 Å². The van der Waals surface area contributed by atoms with Crippen LogP contribution in [0.1, 0.15) is 12.8 Å². The number of para-hydroxylation sites is 3. The fraction of sp³-hybridized carbons (Fsp3) is 0.227. The van der Waals surface area contributed by atoms with Gasteiger partial charge in [-0.3, -0.25) is 4.79 Å². The Hall–Kier alpha value is -3.12. The van der Waals surface area contributed by atoms with E-state index in [4.69, 9.17) is 16.3 Å². The molecule has 148 valence electrons. The van der Waals surface area contributed by atoms with Gasteiger partial charge in [0.15, 0.2) is 5.75 Å². The van der Waals surface area contributed by atoms with Crippen molar-refractivity contribution in [2.24, 2.45) is 5.92 Å². The number of ether oxygens (including phenoxy) is 1. The number of carbonyl (C=O) groups is 1. The summed E-state index contributed by atoms with van der Waals surface area (Å²) >= 11 is 6.19. The lowest BCUT2D eigenvalue weighted by Crippen LogP contribution is -2.39. The molecule has 0 atom stereocenters. The van der Waals surface area contributed by atoms with E-state index in [1.165, 1.54) is 0 Å². The normalized spacial score (nSPS) is 14.4. The van der Waals surface area contributed by atoms with E-state index in [1.807, 2.05) is 36.4 Å². The molecule has 0 unspecified atom stereocenters. The zero-order chi connectivity index (χ0) is 20.1.